The summed E-state index contributed by atoms with van der Waals surface area (Å²) in [6, 6.07) is 8.39. The molecule has 1 fully saturated rings. The van der Waals surface area contributed by atoms with E-state index in [0.717, 1.165) is 19.9 Å². The van der Waals surface area contributed by atoms with Crippen LogP contribution in [0.4, 0.5) is 10.1 Å². The van der Waals surface area contributed by atoms with Crippen molar-refractivity contribution in [2.45, 2.75) is 38.8 Å². The Hall–Kier alpha value is -3.41. The normalized spacial score (nSPS) is 17.0. The van der Waals surface area contributed by atoms with Gasteiger partial charge in [0.25, 0.3) is 11.9 Å². The highest BCUT2D eigenvalue weighted by molar-refractivity contribution is 6.34. The number of rotatable bonds is 9. The number of amides is 2. The van der Waals surface area contributed by atoms with Crippen molar-refractivity contribution in [1.29, 1.82) is 0 Å². The van der Waals surface area contributed by atoms with Gasteiger partial charge in [0.2, 0.25) is 5.91 Å². The molecule has 38 heavy (non-hydrogen) atoms. The minimum Gasteiger partial charge on any atom is -0.496 e. The number of carboxylic acid groups (broad SMARTS) is 1. The van der Waals surface area contributed by atoms with Crippen LogP contribution in [0.15, 0.2) is 36.4 Å². The Kier molecular flexibility index (Phi) is 12.3. The molecule has 1 aliphatic heterocycles. The highest BCUT2D eigenvalue weighted by Gasteiger charge is 2.30. The lowest BCUT2D eigenvalue weighted by Gasteiger charge is -2.36. The maximum absolute atomic E-state index is 12.9. The van der Waals surface area contributed by atoms with Crippen LogP contribution in [0.3, 0.4) is 0 Å². The van der Waals surface area contributed by atoms with Gasteiger partial charge in [0, 0.05) is 39.5 Å². The summed E-state index contributed by atoms with van der Waals surface area (Å²) in [6.45, 7) is 4.77. The average Bonchev–Trinajstić information content (AvgIpc) is 2.85. The number of carbonyl (C=O) groups excluding carboxylic acids is 2. The lowest BCUT2D eigenvalue weighted by Crippen LogP contribution is -2.54. The summed E-state index contributed by atoms with van der Waals surface area (Å²) in [5.41, 5.74) is 0.563. The number of carboxylic acids is 1. The molecule has 0 aliphatic carbocycles. The van der Waals surface area contributed by atoms with E-state index in [1.165, 1.54) is 38.3 Å². The Labute approximate surface area is 225 Å². The van der Waals surface area contributed by atoms with Crippen molar-refractivity contribution < 1.29 is 38.5 Å². The number of methoxy groups -OCH3 is 1. The van der Waals surface area contributed by atoms with Crippen LogP contribution in [-0.2, 0) is 9.59 Å². The minimum absolute atomic E-state index is 0.208. The van der Waals surface area contributed by atoms with Gasteiger partial charge in [0.1, 0.15) is 17.3 Å². The molecule has 2 amide bonds. The number of anilines is 1. The molecular formula is C26H33ClFN3O7. The minimum atomic E-state index is -0.833. The van der Waals surface area contributed by atoms with Gasteiger partial charge in [0.05, 0.1) is 42.1 Å². The molecule has 0 saturated carbocycles. The molecule has 0 bridgehead atoms. The van der Waals surface area contributed by atoms with Crippen LogP contribution in [0.1, 0.15) is 37.0 Å². The SMILES string of the molecule is CC(=O)O.COc1cc(NC(C)=O)c(Cl)cc1C(=O)N[C@@H]1CCN(CCCOc2ccc(F)cc2)C[C@@H]1O. The Morgan fingerprint density at radius 2 is 1.84 bits per heavy atom. The molecule has 4 N–H and O–H groups in total. The third kappa shape index (κ3) is 10.2. The summed E-state index contributed by atoms with van der Waals surface area (Å²) < 4.78 is 23.8. The van der Waals surface area contributed by atoms with Gasteiger partial charge in [-0.2, -0.15) is 0 Å². The molecule has 0 aromatic heterocycles. The van der Waals surface area contributed by atoms with Gasteiger partial charge in [-0.15, -0.1) is 0 Å². The van der Waals surface area contributed by atoms with Crippen molar-refractivity contribution in [1.82, 2.24) is 10.2 Å². The molecule has 0 radical (unpaired) electrons. The van der Waals surface area contributed by atoms with Crippen LogP contribution in [-0.4, -0.2) is 78.4 Å². The summed E-state index contributed by atoms with van der Waals surface area (Å²) in [6.07, 6.45) is 0.583. The van der Waals surface area contributed by atoms with Crippen LogP contribution in [0, 0.1) is 5.82 Å². The second-order valence-electron chi connectivity index (χ2n) is 8.63. The molecule has 10 nitrogen and oxygen atoms in total. The Balaban J connectivity index is 0.00000118. The lowest BCUT2D eigenvalue weighted by molar-refractivity contribution is -0.134. The van der Waals surface area contributed by atoms with E-state index in [1.54, 1.807) is 12.1 Å². The first-order valence-electron chi connectivity index (χ1n) is 11.9. The first-order valence-corrected chi connectivity index (χ1v) is 12.3. The number of hydrogen-bond acceptors (Lipinski definition) is 7. The summed E-state index contributed by atoms with van der Waals surface area (Å²) in [4.78, 5) is 35.3. The number of piperidine rings is 1. The van der Waals surface area contributed by atoms with Crippen molar-refractivity contribution in [3.05, 3.63) is 52.8 Å². The van der Waals surface area contributed by atoms with E-state index < -0.39 is 24.0 Å². The third-order valence-electron chi connectivity index (χ3n) is 5.53. The number of carbonyl (C=O) groups is 3. The Morgan fingerprint density at radius 1 is 1.18 bits per heavy atom. The van der Waals surface area contributed by atoms with E-state index in [1.807, 2.05) is 0 Å². The predicted molar refractivity (Wildman–Crippen MR) is 140 cm³/mol. The number of halogens is 2. The zero-order valence-corrected chi connectivity index (χ0v) is 22.3. The molecule has 3 rings (SSSR count). The predicted octanol–water partition coefficient (Wildman–Crippen LogP) is 3.17. The third-order valence-corrected chi connectivity index (χ3v) is 5.84. The van der Waals surface area contributed by atoms with Crippen LogP contribution < -0.4 is 20.1 Å². The number of aliphatic hydroxyl groups is 1. The first kappa shape index (κ1) is 30.8. The zero-order chi connectivity index (χ0) is 28.2. The summed E-state index contributed by atoms with van der Waals surface area (Å²) in [5, 5.41) is 23.7. The van der Waals surface area contributed by atoms with Crippen LogP contribution in [0.25, 0.3) is 0 Å². The summed E-state index contributed by atoms with van der Waals surface area (Å²) in [7, 11) is 1.42. The van der Waals surface area contributed by atoms with E-state index in [4.69, 9.17) is 31.0 Å². The topological polar surface area (TPSA) is 137 Å². The standard InChI is InChI=1S/C24H29ClFN3O5.C2H4O2/c1-15(30)27-21-13-23(33-2)18(12-19(21)25)24(32)28-20-8-10-29(14-22(20)31)9-3-11-34-17-6-4-16(26)5-7-17;1-2(3)4/h4-7,12-13,20,22,31H,3,8-11,14H2,1-2H3,(H,27,30)(H,28,32);1H3,(H,3,4)/t20-,22+;/m1./s1. The lowest BCUT2D eigenvalue weighted by atomic mass is 10.0. The first-order chi connectivity index (χ1) is 18.0. The van der Waals surface area contributed by atoms with Gasteiger partial charge in [-0.3, -0.25) is 14.4 Å². The van der Waals surface area contributed by atoms with E-state index in [9.17, 15) is 19.1 Å². The fourth-order valence-corrected chi connectivity index (χ4v) is 4.02. The largest absolute Gasteiger partial charge is 0.496 e. The molecule has 1 heterocycles. The number of benzene rings is 2. The van der Waals surface area contributed by atoms with Crippen molar-refractivity contribution in [3.8, 4) is 11.5 Å². The number of β-amino-alcohol motifs (C(OH)–C–C–N with tert-alkyl or cyclic N) is 1. The van der Waals surface area contributed by atoms with Crippen molar-refractivity contribution in [2.24, 2.45) is 0 Å². The molecule has 208 valence electrons. The quantitative estimate of drug-likeness (QED) is 0.347. The van der Waals surface area contributed by atoms with Crippen LogP contribution >= 0.6 is 11.6 Å². The number of nitrogens with one attached hydrogen (secondary N) is 2. The summed E-state index contributed by atoms with van der Waals surface area (Å²) >= 11 is 6.21. The van der Waals surface area contributed by atoms with Gasteiger partial charge in [-0.1, -0.05) is 11.6 Å². The number of ether oxygens (including phenoxy) is 2. The van der Waals surface area contributed by atoms with Gasteiger partial charge in [-0.25, -0.2) is 4.39 Å². The fourth-order valence-electron chi connectivity index (χ4n) is 3.81. The number of nitrogens with zero attached hydrogens (tertiary/aromatic N) is 1. The highest BCUT2D eigenvalue weighted by Crippen LogP contribution is 2.31. The van der Waals surface area contributed by atoms with Gasteiger partial charge < -0.3 is 35.2 Å². The van der Waals surface area contributed by atoms with E-state index in [2.05, 4.69) is 15.5 Å². The van der Waals surface area contributed by atoms with E-state index >= 15 is 0 Å². The van der Waals surface area contributed by atoms with Crippen LogP contribution in [0.2, 0.25) is 5.02 Å². The maximum atomic E-state index is 12.9. The number of likely N-dealkylation sites (tertiary alicyclic amines) is 1. The molecule has 1 aliphatic rings. The van der Waals surface area contributed by atoms with E-state index in [-0.39, 0.29) is 28.1 Å². The average molecular weight is 554 g/mol. The number of aliphatic hydroxyl groups excluding tert-OH is 1. The Bertz CT molecular complexity index is 1100. The van der Waals surface area contributed by atoms with Crippen molar-refractivity contribution >= 4 is 35.1 Å². The second-order valence-corrected chi connectivity index (χ2v) is 9.03. The molecule has 2 atom stereocenters. The molecule has 2 aromatic rings. The van der Waals surface area contributed by atoms with E-state index in [0.29, 0.717) is 37.6 Å². The van der Waals surface area contributed by atoms with Gasteiger partial charge in [0.15, 0.2) is 0 Å². The van der Waals surface area contributed by atoms with Crippen LogP contribution in [0.5, 0.6) is 11.5 Å². The number of aliphatic carboxylic acids is 1. The van der Waals surface area contributed by atoms with Crippen molar-refractivity contribution in [2.75, 3.05) is 38.7 Å². The maximum Gasteiger partial charge on any atom is 0.300 e. The molecule has 1 saturated heterocycles. The van der Waals surface area contributed by atoms with Gasteiger partial charge >= 0.3 is 0 Å². The fraction of sp³-hybridized carbons (Fsp3) is 0.423. The summed E-state index contributed by atoms with van der Waals surface area (Å²) in [5.74, 6) is -0.974. The van der Waals surface area contributed by atoms with Gasteiger partial charge in [-0.05, 0) is 43.2 Å². The Morgan fingerprint density at radius 3 is 2.42 bits per heavy atom. The molecule has 2 aromatic carbocycles. The number of hydrogen-bond donors (Lipinski definition) is 4. The zero-order valence-electron chi connectivity index (χ0n) is 21.5. The smallest absolute Gasteiger partial charge is 0.300 e. The van der Waals surface area contributed by atoms with Crippen molar-refractivity contribution in [3.63, 3.8) is 0 Å². The molecular weight excluding hydrogens is 521 g/mol. The molecule has 0 spiro atoms. The monoisotopic (exact) mass is 553 g/mol. The highest BCUT2D eigenvalue weighted by atomic mass is 35.5. The second kappa shape index (κ2) is 15.1. The molecule has 12 heteroatoms. The molecule has 0 unspecified atom stereocenters.